The van der Waals surface area contributed by atoms with Crippen molar-refractivity contribution < 1.29 is 9.90 Å². The number of benzene rings is 2. The Morgan fingerprint density at radius 3 is 2.57 bits per heavy atom. The van der Waals surface area contributed by atoms with Crippen LogP contribution in [0.4, 0.5) is 5.69 Å². The van der Waals surface area contributed by atoms with Crippen LogP contribution in [0.3, 0.4) is 0 Å². The van der Waals surface area contributed by atoms with E-state index in [1.165, 1.54) is 0 Å². The van der Waals surface area contributed by atoms with E-state index in [4.69, 9.17) is 0 Å². The van der Waals surface area contributed by atoms with E-state index in [1.54, 1.807) is 25.1 Å². The van der Waals surface area contributed by atoms with Crippen molar-refractivity contribution in [1.29, 1.82) is 0 Å². The lowest BCUT2D eigenvalue weighted by molar-refractivity contribution is 0.102. The largest absolute Gasteiger partial charge is 0.508 e. The van der Waals surface area contributed by atoms with E-state index in [9.17, 15) is 9.90 Å². The van der Waals surface area contributed by atoms with Gasteiger partial charge in [0.1, 0.15) is 5.75 Å². The Kier molecular flexibility index (Phi) is 4.60. The highest BCUT2D eigenvalue weighted by atomic mass is 16.3. The van der Waals surface area contributed by atoms with Crippen LogP contribution in [0.2, 0.25) is 0 Å². The van der Waals surface area contributed by atoms with Crippen molar-refractivity contribution >= 4 is 11.6 Å². The molecule has 2 rings (SSSR count). The summed E-state index contributed by atoms with van der Waals surface area (Å²) >= 11 is 0. The number of carbonyl (C=O) groups is 1. The molecule has 0 bridgehead atoms. The summed E-state index contributed by atoms with van der Waals surface area (Å²) in [6.07, 6.45) is 0. The van der Waals surface area contributed by atoms with Gasteiger partial charge in [0.05, 0.1) is 0 Å². The average Bonchev–Trinajstić information content (AvgIpc) is 2.49. The van der Waals surface area contributed by atoms with E-state index in [-0.39, 0.29) is 17.7 Å². The van der Waals surface area contributed by atoms with Gasteiger partial charge in [-0.15, -0.1) is 0 Å². The smallest absolute Gasteiger partial charge is 0.256 e. The zero-order valence-corrected chi connectivity index (χ0v) is 12.5. The molecule has 4 heteroatoms. The van der Waals surface area contributed by atoms with Crippen LogP contribution >= 0.6 is 0 Å². The first-order valence-corrected chi connectivity index (χ1v) is 6.90. The number of anilines is 1. The average molecular weight is 284 g/mol. The second-order valence-electron chi connectivity index (χ2n) is 5.00. The fourth-order valence-corrected chi connectivity index (χ4v) is 2.20. The SMILES string of the molecule is CNC(C)c1ccccc1NC(=O)c1cccc(O)c1C. The fourth-order valence-electron chi connectivity index (χ4n) is 2.20. The summed E-state index contributed by atoms with van der Waals surface area (Å²) in [5.74, 6) is -0.0984. The number of phenolic OH excluding ortho intramolecular Hbond substituents is 1. The Morgan fingerprint density at radius 1 is 1.14 bits per heavy atom. The number of hydrogen-bond acceptors (Lipinski definition) is 3. The third-order valence-electron chi connectivity index (χ3n) is 3.66. The molecule has 0 fully saturated rings. The fraction of sp³-hybridized carbons (Fsp3) is 0.235. The third-order valence-corrected chi connectivity index (χ3v) is 3.66. The molecular formula is C17H20N2O2. The molecule has 0 aliphatic carbocycles. The highest BCUT2D eigenvalue weighted by Crippen LogP contribution is 2.24. The maximum atomic E-state index is 12.4. The van der Waals surface area contributed by atoms with E-state index in [2.05, 4.69) is 10.6 Å². The molecule has 0 radical (unpaired) electrons. The molecule has 0 saturated carbocycles. The van der Waals surface area contributed by atoms with Gasteiger partial charge in [-0.3, -0.25) is 4.79 Å². The number of aromatic hydroxyl groups is 1. The maximum Gasteiger partial charge on any atom is 0.256 e. The van der Waals surface area contributed by atoms with E-state index < -0.39 is 0 Å². The van der Waals surface area contributed by atoms with Gasteiger partial charge >= 0.3 is 0 Å². The molecule has 4 nitrogen and oxygen atoms in total. The molecule has 0 aliphatic rings. The minimum absolute atomic E-state index is 0.125. The lowest BCUT2D eigenvalue weighted by atomic mass is 10.0. The van der Waals surface area contributed by atoms with E-state index in [1.807, 2.05) is 38.2 Å². The molecule has 0 aliphatic heterocycles. The number of rotatable bonds is 4. The van der Waals surface area contributed by atoms with Crippen LogP contribution in [0.1, 0.15) is 34.5 Å². The van der Waals surface area contributed by atoms with Crippen molar-refractivity contribution in [3.63, 3.8) is 0 Å². The van der Waals surface area contributed by atoms with E-state index in [0.717, 1.165) is 11.3 Å². The van der Waals surface area contributed by atoms with Gasteiger partial charge in [0.15, 0.2) is 0 Å². The topological polar surface area (TPSA) is 61.4 Å². The summed E-state index contributed by atoms with van der Waals surface area (Å²) in [6, 6.07) is 12.8. The standard InChI is InChI=1S/C17H20N2O2/c1-11-13(8-6-10-16(11)20)17(21)19-15-9-5-4-7-14(15)12(2)18-3/h4-10,12,18,20H,1-3H3,(H,19,21). The van der Waals surface area contributed by atoms with Gasteiger partial charge in [0, 0.05) is 22.9 Å². The van der Waals surface area contributed by atoms with Crippen molar-refractivity contribution in [2.45, 2.75) is 19.9 Å². The molecule has 0 aromatic heterocycles. The molecular weight excluding hydrogens is 264 g/mol. The molecule has 21 heavy (non-hydrogen) atoms. The Morgan fingerprint density at radius 2 is 1.86 bits per heavy atom. The lowest BCUT2D eigenvalue weighted by Crippen LogP contribution is -2.18. The second kappa shape index (κ2) is 6.41. The number of amides is 1. The number of para-hydroxylation sites is 1. The molecule has 1 unspecified atom stereocenters. The number of phenols is 1. The summed E-state index contributed by atoms with van der Waals surface area (Å²) in [5, 5.41) is 15.8. The van der Waals surface area contributed by atoms with Crippen LogP contribution in [0.25, 0.3) is 0 Å². The van der Waals surface area contributed by atoms with Crippen LogP contribution in [0.15, 0.2) is 42.5 Å². The second-order valence-corrected chi connectivity index (χ2v) is 5.00. The Balaban J connectivity index is 2.30. The lowest BCUT2D eigenvalue weighted by Gasteiger charge is -2.17. The van der Waals surface area contributed by atoms with Crippen molar-refractivity contribution in [3.05, 3.63) is 59.2 Å². The van der Waals surface area contributed by atoms with Gasteiger partial charge < -0.3 is 15.7 Å². The first-order chi connectivity index (χ1) is 10.0. The number of nitrogens with one attached hydrogen (secondary N) is 2. The van der Waals surface area contributed by atoms with Crippen LogP contribution in [0, 0.1) is 6.92 Å². The van der Waals surface area contributed by atoms with Crippen molar-refractivity contribution in [3.8, 4) is 5.75 Å². The predicted molar refractivity (Wildman–Crippen MR) is 84.7 cm³/mol. The van der Waals surface area contributed by atoms with Crippen LogP contribution in [-0.2, 0) is 0 Å². The van der Waals surface area contributed by atoms with Crippen molar-refractivity contribution in [1.82, 2.24) is 5.32 Å². The molecule has 3 N–H and O–H groups in total. The molecule has 0 heterocycles. The van der Waals surface area contributed by atoms with Gasteiger partial charge in [-0.2, -0.15) is 0 Å². The highest BCUT2D eigenvalue weighted by molar-refractivity contribution is 6.06. The predicted octanol–water partition coefficient (Wildman–Crippen LogP) is 3.23. The molecule has 1 amide bonds. The minimum atomic E-state index is -0.223. The van der Waals surface area contributed by atoms with Crippen LogP contribution in [0.5, 0.6) is 5.75 Å². The molecule has 110 valence electrons. The zero-order chi connectivity index (χ0) is 15.4. The normalized spacial score (nSPS) is 12.0. The molecule has 0 saturated heterocycles. The monoisotopic (exact) mass is 284 g/mol. The molecule has 0 spiro atoms. The summed E-state index contributed by atoms with van der Waals surface area (Å²) < 4.78 is 0. The maximum absolute atomic E-state index is 12.4. The molecule has 1 atom stereocenters. The van der Waals surface area contributed by atoms with Gasteiger partial charge in [-0.05, 0) is 44.7 Å². The van der Waals surface area contributed by atoms with Crippen LogP contribution in [-0.4, -0.2) is 18.1 Å². The van der Waals surface area contributed by atoms with Gasteiger partial charge in [0.2, 0.25) is 0 Å². The Bertz CT molecular complexity index is 653. The van der Waals surface area contributed by atoms with Crippen molar-refractivity contribution in [2.24, 2.45) is 0 Å². The Labute approximate surface area is 124 Å². The van der Waals surface area contributed by atoms with E-state index >= 15 is 0 Å². The first-order valence-electron chi connectivity index (χ1n) is 6.90. The van der Waals surface area contributed by atoms with Gasteiger partial charge in [-0.1, -0.05) is 24.3 Å². The van der Waals surface area contributed by atoms with Crippen LogP contribution < -0.4 is 10.6 Å². The van der Waals surface area contributed by atoms with E-state index in [0.29, 0.717) is 11.1 Å². The summed E-state index contributed by atoms with van der Waals surface area (Å²) in [7, 11) is 1.88. The molecule has 2 aromatic carbocycles. The van der Waals surface area contributed by atoms with Gasteiger partial charge in [-0.25, -0.2) is 0 Å². The minimum Gasteiger partial charge on any atom is -0.508 e. The number of hydrogen-bond donors (Lipinski definition) is 3. The highest BCUT2D eigenvalue weighted by Gasteiger charge is 2.14. The summed E-state index contributed by atoms with van der Waals surface area (Å²) in [4.78, 5) is 12.4. The summed E-state index contributed by atoms with van der Waals surface area (Å²) in [5.41, 5.74) is 2.84. The summed E-state index contributed by atoms with van der Waals surface area (Å²) in [6.45, 7) is 3.76. The first kappa shape index (κ1) is 15.1. The number of carbonyl (C=O) groups excluding carboxylic acids is 1. The molecule has 2 aromatic rings. The third kappa shape index (κ3) is 3.23. The Hall–Kier alpha value is -2.33. The zero-order valence-electron chi connectivity index (χ0n) is 12.5. The van der Waals surface area contributed by atoms with Crippen molar-refractivity contribution in [2.75, 3.05) is 12.4 Å². The quantitative estimate of drug-likeness (QED) is 0.807. The van der Waals surface area contributed by atoms with Gasteiger partial charge in [0.25, 0.3) is 5.91 Å².